The molecule has 8 rings (SSSR count). The van der Waals surface area contributed by atoms with Gasteiger partial charge >= 0.3 is 5.79 Å². The Labute approximate surface area is 392 Å². The third-order valence-electron chi connectivity index (χ3n) is 13.5. The van der Waals surface area contributed by atoms with E-state index in [1.807, 2.05) is 0 Å². The molecule has 6 heterocycles. The lowest BCUT2D eigenvalue weighted by Crippen LogP contribution is -2.61. The third kappa shape index (κ3) is 8.87. The SMILES string of the molecule is CO[C@H]1/C=C/O[C@@]2(C)Oc3c(C)c(O)c4c(c3C2=O)C(=O)C(N2CCOCC2)=C(NC(=O)/C(C)=C\C=C\[C@H](C)[C@H](O)[C@@H](C)[C@@H](O)[C@@H](C)[C@@](O)(C(=O)NCc2cc(-c3ccccn3)no2)C1C)C4=O. The zero-order valence-electron chi connectivity index (χ0n) is 39.1. The van der Waals surface area contributed by atoms with Crippen LogP contribution >= 0.6 is 0 Å². The molecular weight excluding hydrogens is 883 g/mol. The average Bonchev–Trinajstić information content (AvgIpc) is 3.92. The predicted molar refractivity (Wildman–Crippen MR) is 242 cm³/mol. The van der Waals surface area contributed by atoms with Gasteiger partial charge in [0.25, 0.3) is 17.6 Å². The molecule has 2 aromatic heterocycles. The van der Waals surface area contributed by atoms with Crippen LogP contribution in [0.15, 0.2) is 82.5 Å². The van der Waals surface area contributed by atoms with Gasteiger partial charge in [-0.15, -0.1) is 0 Å². The number of pyridine rings is 1. The van der Waals surface area contributed by atoms with E-state index < -0.39 is 105 Å². The Morgan fingerprint density at radius 3 is 2.37 bits per heavy atom. The van der Waals surface area contributed by atoms with E-state index in [-0.39, 0.29) is 66.8 Å². The van der Waals surface area contributed by atoms with Crippen molar-refractivity contribution in [2.24, 2.45) is 23.7 Å². The number of hydrogen-bond donors (Lipinski definition) is 6. The molecule has 68 heavy (non-hydrogen) atoms. The molecule has 19 nitrogen and oxygen atoms in total. The van der Waals surface area contributed by atoms with Crippen LogP contribution < -0.4 is 15.4 Å². The van der Waals surface area contributed by atoms with Crippen LogP contribution in [0.2, 0.25) is 0 Å². The number of benzene rings is 1. The van der Waals surface area contributed by atoms with Gasteiger partial charge in [0.05, 0.1) is 66.7 Å². The number of phenolic OH excluding ortho intramolecular Hbond substituents is 1. The van der Waals surface area contributed by atoms with Crippen molar-refractivity contribution in [2.45, 2.75) is 84.7 Å². The summed E-state index contributed by atoms with van der Waals surface area (Å²) < 4.78 is 28.9. The van der Waals surface area contributed by atoms with Crippen molar-refractivity contribution in [3.8, 4) is 22.9 Å². The Bertz CT molecular complexity index is 2610. The number of aromatic nitrogens is 2. The molecule has 6 N–H and O–H groups in total. The van der Waals surface area contributed by atoms with E-state index in [1.165, 1.54) is 60.0 Å². The van der Waals surface area contributed by atoms with E-state index in [9.17, 15) is 44.4 Å². The number of carbonyl (C=O) groups is 5. The van der Waals surface area contributed by atoms with Gasteiger partial charge < -0.3 is 59.4 Å². The summed E-state index contributed by atoms with van der Waals surface area (Å²) in [4.78, 5) is 78.0. The predicted octanol–water partition coefficient (Wildman–Crippen LogP) is 3.46. The largest absolute Gasteiger partial charge is 0.507 e. The molecule has 1 saturated heterocycles. The minimum Gasteiger partial charge on any atom is -0.507 e. The number of ketones is 3. The number of Topliss-reactive ketones (excluding diaryl/α,β-unsaturated/α-hetero) is 3. The molecular formula is C49H57N5O14. The number of allylic oxidation sites excluding steroid dienone is 4. The number of ether oxygens (including phenoxy) is 4. The van der Waals surface area contributed by atoms with Gasteiger partial charge in [-0.05, 0) is 32.1 Å². The summed E-state index contributed by atoms with van der Waals surface area (Å²) in [6, 6.07) is 6.84. The topological polar surface area (TPSA) is 269 Å². The first-order valence-electron chi connectivity index (χ1n) is 22.3. The first kappa shape index (κ1) is 49.4. The normalized spacial score (nSPS) is 31.1. The Morgan fingerprint density at radius 1 is 0.971 bits per heavy atom. The zero-order chi connectivity index (χ0) is 49.4. The molecule has 0 radical (unpaired) electrons. The van der Waals surface area contributed by atoms with Crippen LogP contribution in [0.4, 0.5) is 0 Å². The van der Waals surface area contributed by atoms with Gasteiger partial charge in [0.2, 0.25) is 11.6 Å². The summed E-state index contributed by atoms with van der Waals surface area (Å²) in [5, 5.41) is 57.2. The average molecular weight is 940 g/mol. The number of hydrogen-bond acceptors (Lipinski definition) is 17. The number of fused-ring (bicyclic) bond motifs is 14. The minimum absolute atomic E-state index is 0.0485. The first-order chi connectivity index (χ1) is 32.3. The second kappa shape index (κ2) is 19.6. The van der Waals surface area contributed by atoms with E-state index in [1.54, 1.807) is 55.3 Å². The smallest absolute Gasteiger partial charge is 0.312 e. The van der Waals surface area contributed by atoms with Gasteiger partial charge in [-0.25, -0.2) is 0 Å². The number of morpholine rings is 1. The number of aromatic hydroxyl groups is 1. The number of carbonyl (C=O) groups excluding carboxylic acids is 5. The molecule has 5 aliphatic rings. The van der Waals surface area contributed by atoms with Crippen LogP contribution in [0.25, 0.3) is 11.4 Å². The highest BCUT2D eigenvalue weighted by Crippen LogP contribution is 2.49. The van der Waals surface area contributed by atoms with Gasteiger partial charge in [0.1, 0.15) is 28.6 Å². The Balaban J connectivity index is 1.29. The number of amides is 2. The van der Waals surface area contributed by atoms with E-state index >= 15 is 0 Å². The molecule has 1 fully saturated rings. The fourth-order valence-electron chi connectivity index (χ4n) is 9.13. The monoisotopic (exact) mass is 939 g/mol. The highest BCUT2D eigenvalue weighted by Gasteiger charge is 2.55. The first-order valence-corrected chi connectivity index (χ1v) is 22.3. The van der Waals surface area contributed by atoms with E-state index in [4.69, 9.17) is 23.5 Å². The molecule has 0 saturated carbocycles. The Kier molecular flexibility index (Phi) is 14.2. The molecule has 9 atom stereocenters. The fourth-order valence-corrected chi connectivity index (χ4v) is 9.13. The molecule has 3 aromatic rings. The molecule has 19 heteroatoms. The standard InChI is InChI=1S/C49H57N5O14/c1-24-12-11-13-25(2)46(61)52-37-38(54-17-20-65-21-18-54)43(59)34-35(42(37)58)41(57)27(4)44-36(34)45(60)48(7,67-44)66-19-15-33(64-8)28(5)49(63,29(6)40(56)26(3)39(24)55)47(62)51-23-30-22-32(53-68-30)31-14-9-10-16-50-31/h9-16,19,22,24,26,28-29,33,39-40,55-57,63H,17-18,20-21,23H2,1-8H3,(H,51,62)(H,52,61)/b12-11+,19-15+,25-13-/t24-,26+,28?,29+,33-,39-,40+,48-,49+/m0/s1. The van der Waals surface area contributed by atoms with Crippen molar-refractivity contribution in [1.82, 2.24) is 25.7 Å². The summed E-state index contributed by atoms with van der Waals surface area (Å²) in [6.45, 7) is 10.9. The Hall–Kier alpha value is -6.51. The fraction of sp³-hybridized carbons (Fsp3) is 0.449. The van der Waals surface area contributed by atoms with Crippen molar-refractivity contribution in [1.29, 1.82) is 0 Å². The minimum atomic E-state index is -2.45. The number of aliphatic hydroxyl groups excluding tert-OH is 2. The van der Waals surface area contributed by atoms with Crippen molar-refractivity contribution in [3.05, 3.63) is 106 Å². The van der Waals surface area contributed by atoms with E-state index in [0.29, 0.717) is 11.4 Å². The number of methoxy groups -OCH3 is 1. The quantitative estimate of drug-likeness (QED) is 0.207. The maximum absolute atomic E-state index is 14.8. The lowest BCUT2D eigenvalue weighted by Gasteiger charge is -2.43. The second-order valence-corrected chi connectivity index (χ2v) is 17.8. The number of nitrogens with zero attached hydrogens (tertiary/aromatic N) is 3. The van der Waals surface area contributed by atoms with Gasteiger partial charge in [-0.1, -0.05) is 57.1 Å². The van der Waals surface area contributed by atoms with Crippen LogP contribution in [0.1, 0.15) is 83.9 Å². The lowest BCUT2D eigenvalue weighted by molar-refractivity contribution is -0.173. The summed E-state index contributed by atoms with van der Waals surface area (Å²) in [5.41, 5.74) is -3.31. The highest BCUT2D eigenvalue weighted by molar-refractivity contribution is 6.32. The molecule has 5 bridgehead atoms. The summed E-state index contributed by atoms with van der Waals surface area (Å²) in [6.07, 6.45) is 4.59. The van der Waals surface area contributed by atoms with E-state index in [2.05, 4.69) is 20.8 Å². The molecule has 1 unspecified atom stereocenters. The van der Waals surface area contributed by atoms with Crippen molar-refractivity contribution < 1.29 is 67.9 Å². The summed E-state index contributed by atoms with van der Waals surface area (Å²) >= 11 is 0. The van der Waals surface area contributed by atoms with Gasteiger partial charge in [0, 0.05) is 74.2 Å². The van der Waals surface area contributed by atoms with Crippen LogP contribution in [-0.4, -0.2) is 128 Å². The van der Waals surface area contributed by atoms with Crippen molar-refractivity contribution >= 4 is 29.2 Å². The zero-order valence-corrected chi connectivity index (χ0v) is 39.1. The molecule has 2 amide bonds. The van der Waals surface area contributed by atoms with Gasteiger partial charge in [0.15, 0.2) is 11.4 Å². The number of phenols is 1. The molecule has 4 aliphatic heterocycles. The number of rotatable bonds is 6. The number of nitrogens with one attached hydrogen (secondary N) is 2. The van der Waals surface area contributed by atoms with Crippen LogP contribution in [-0.2, 0) is 30.3 Å². The molecule has 1 aliphatic carbocycles. The molecule has 1 aromatic carbocycles. The Morgan fingerprint density at radius 2 is 1.69 bits per heavy atom. The van der Waals surface area contributed by atoms with Crippen LogP contribution in [0.3, 0.4) is 0 Å². The van der Waals surface area contributed by atoms with Crippen molar-refractivity contribution in [3.63, 3.8) is 0 Å². The van der Waals surface area contributed by atoms with Gasteiger partial charge in [-0.3, -0.25) is 29.0 Å². The third-order valence-corrected chi connectivity index (χ3v) is 13.5. The van der Waals surface area contributed by atoms with Crippen molar-refractivity contribution in [2.75, 3.05) is 33.4 Å². The van der Waals surface area contributed by atoms with Crippen LogP contribution in [0, 0.1) is 30.6 Å². The second-order valence-electron chi connectivity index (χ2n) is 17.8. The maximum atomic E-state index is 14.8. The maximum Gasteiger partial charge on any atom is 0.312 e. The molecule has 0 spiro atoms. The summed E-state index contributed by atoms with van der Waals surface area (Å²) in [7, 11) is 1.32. The van der Waals surface area contributed by atoms with E-state index in [0.717, 1.165) is 6.26 Å². The number of aliphatic hydroxyl groups is 3. The lowest BCUT2D eigenvalue weighted by atomic mass is 9.69. The van der Waals surface area contributed by atoms with Gasteiger partial charge in [-0.2, -0.15) is 0 Å². The highest BCUT2D eigenvalue weighted by atomic mass is 16.7. The molecule has 362 valence electrons. The van der Waals surface area contributed by atoms with Crippen LogP contribution in [0.5, 0.6) is 11.5 Å². The summed E-state index contributed by atoms with van der Waals surface area (Å²) in [5.74, 6) is -11.2.